The Bertz CT molecular complexity index is 1540. The van der Waals surface area contributed by atoms with Gasteiger partial charge < -0.3 is 15.1 Å². The molecule has 3 saturated carbocycles. The predicted molar refractivity (Wildman–Crippen MR) is 176 cm³/mol. The quantitative estimate of drug-likeness (QED) is 0.299. The van der Waals surface area contributed by atoms with E-state index in [2.05, 4.69) is 68.3 Å². The van der Waals surface area contributed by atoms with Crippen LogP contribution in [0.4, 0.5) is 4.39 Å². The summed E-state index contributed by atoms with van der Waals surface area (Å²) in [7, 11) is 2.11. The standard InChI is InChI=1S/C39H47ClFNO3/c1-35-16-12-27(43)23-37(35)19-20-39(29(24-37)32(44)22-28-30(40)10-7-11-31(28)41)33(35)13-17-36(2)34(39)14-18-38(36,45)25-42(3)21-15-26-8-5-4-6-9-26/h4-11,19-20,24,27,33-34,43,45H,12-18,21-23,25H2,1-3H3. The van der Waals surface area contributed by atoms with Gasteiger partial charge in [0.2, 0.25) is 0 Å². The molecule has 0 radical (unpaired) electrons. The molecule has 0 heterocycles. The first-order chi connectivity index (χ1) is 21.4. The second-order valence-electron chi connectivity index (χ2n) is 15.6. The van der Waals surface area contributed by atoms with E-state index < -0.39 is 33.8 Å². The van der Waals surface area contributed by atoms with Gasteiger partial charge in [0.1, 0.15) is 5.82 Å². The maximum atomic E-state index is 15.0. The van der Waals surface area contributed by atoms with Gasteiger partial charge in [0.15, 0.2) is 5.78 Å². The van der Waals surface area contributed by atoms with Crippen molar-refractivity contribution in [1.29, 1.82) is 0 Å². The maximum Gasteiger partial charge on any atom is 0.164 e. The highest BCUT2D eigenvalue weighted by atomic mass is 35.5. The van der Waals surface area contributed by atoms with Crippen molar-refractivity contribution in [2.45, 2.75) is 83.3 Å². The lowest BCUT2D eigenvalue weighted by atomic mass is 9.32. The molecule has 2 aromatic rings. The average Bonchev–Trinajstić information content (AvgIpc) is 3.28. The van der Waals surface area contributed by atoms with Crippen molar-refractivity contribution in [3.8, 4) is 0 Å². The molecule has 4 nitrogen and oxygen atoms in total. The van der Waals surface area contributed by atoms with Crippen LogP contribution in [0.1, 0.15) is 69.9 Å². The van der Waals surface area contributed by atoms with Crippen molar-refractivity contribution >= 4 is 17.4 Å². The maximum absolute atomic E-state index is 15.0. The summed E-state index contributed by atoms with van der Waals surface area (Å²) in [5.74, 6) is -0.266. The van der Waals surface area contributed by atoms with E-state index in [9.17, 15) is 15.0 Å². The smallest absolute Gasteiger partial charge is 0.164 e. The minimum atomic E-state index is -0.894. The molecule has 0 amide bonds. The molecular formula is C39H47ClFNO3. The Morgan fingerprint density at radius 3 is 2.44 bits per heavy atom. The molecular weight excluding hydrogens is 585 g/mol. The van der Waals surface area contributed by atoms with Crippen molar-refractivity contribution in [3.63, 3.8) is 0 Å². The lowest BCUT2D eigenvalue weighted by Gasteiger charge is -2.71. The Labute approximate surface area is 272 Å². The number of halogens is 2. The molecule has 6 heteroatoms. The zero-order chi connectivity index (χ0) is 31.8. The third kappa shape index (κ3) is 4.51. The van der Waals surface area contributed by atoms with Gasteiger partial charge >= 0.3 is 0 Å². The first-order valence-corrected chi connectivity index (χ1v) is 17.3. The van der Waals surface area contributed by atoms with Gasteiger partial charge in [-0.3, -0.25) is 4.79 Å². The minimum Gasteiger partial charge on any atom is -0.393 e. The number of carbonyl (C=O) groups is 1. The number of fused-ring (bicyclic) bond motifs is 1. The highest BCUT2D eigenvalue weighted by Gasteiger charge is 2.74. The molecule has 3 fully saturated rings. The van der Waals surface area contributed by atoms with E-state index in [1.807, 2.05) is 6.07 Å². The Morgan fingerprint density at radius 1 is 0.978 bits per heavy atom. The number of aliphatic hydroxyl groups is 2. The number of rotatable bonds is 8. The number of carbonyl (C=O) groups excluding carboxylic acids is 1. The van der Waals surface area contributed by atoms with Gasteiger partial charge in [0.05, 0.1) is 11.7 Å². The summed E-state index contributed by atoms with van der Waals surface area (Å²) < 4.78 is 15.0. The highest BCUT2D eigenvalue weighted by molar-refractivity contribution is 6.31. The van der Waals surface area contributed by atoms with Crippen molar-refractivity contribution in [1.82, 2.24) is 4.90 Å². The molecule has 45 heavy (non-hydrogen) atoms. The van der Waals surface area contributed by atoms with Crippen LogP contribution < -0.4 is 0 Å². The van der Waals surface area contributed by atoms with Crippen LogP contribution in [-0.4, -0.2) is 52.7 Å². The van der Waals surface area contributed by atoms with Crippen molar-refractivity contribution < 1.29 is 19.4 Å². The Hall–Kier alpha value is -2.31. The largest absolute Gasteiger partial charge is 0.393 e. The molecule has 2 aromatic carbocycles. The molecule has 8 rings (SSSR count). The third-order valence-corrected chi connectivity index (χ3v) is 13.9. The molecule has 6 aliphatic rings. The second kappa shape index (κ2) is 10.9. The molecule has 0 saturated heterocycles. The number of benzene rings is 2. The molecule has 2 N–H and O–H groups in total. The van der Waals surface area contributed by atoms with E-state index in [-0.39, 0.29) is 40.0 Å². The molecule has 240 valence electrons. The van der Waals surface area contributed by atoms with Crippen LogP contribution in [0.25, 0.3) is 0 Å². The summed E-state index contributed by atoms with van der Waals surface area (Å²) in [5.41, 5.74) is -0.0590. The van der Waals surface area contributed by atoms with Gasteiger partial charge in [0, 0.05) is 51.9 Å². The van der Waals surface area contributed by atoms with Crippen molar-refractivity contribution in [3.05, 3.63) is 94.3 Å². The summed E-state index contributed by atoms with van der Waals surface area (Å²) in [6, 6.07) is 15.1. The summed E-state index contributed by atoms with van der Waals surface area (Å²) in [6.45, 7) is 6.10. The number of Topliss-reactive ketones (excluding diaryl/α,β-unsaturated/α-hetero) is 1. The molecule has 2 bridgehead atoms. The number of likely N-dealkylation sites (N-methyl/N-ethyl adjacent to an activating group) is 1. The Balaban J connectivity index is 1.26. The monoisotopic (exact) mass is 631 g/mol. The summed E-state index contributed by atoms with van der Waals surface area (Å²) in [4.78, 5) is 16.8. The third-order valence-electron chi connectivity index (χ3n) is 13.6. The highest BCUT2D eigenvalue weighted by Crippen LogP contribution is 2.78. The van der Waals surface area contributed by atoms with Crippen molar-refractivity contribution in [2.24, 2.45) is 33.5 Å². The van der Waals surface area contributed by atoms with Crippen LogP contribution >= 0.6 is 11.6 Å². The average molecular weight is 632 g/mol. The van der Waals surface area contributed by atoms with Gasteiger partial charge in [-0.15, -0.1) is 0 Å². The SMILES string of the molecule is CN(CCc1ccccc1)CC1(O)CCC2C34C=CC5(C=C3C(=O)Cc3c(F)cccc3Cl)CC(O)CCC5(C)C4CCC21C. The van der Waals surface area contributed by atoms with E-state index in [4.69, 9.17) is 11.6 Å². The topological polar surface area (TPSA) is 60.8 Å². The number of hydrogen-bond acceptors (Lipinski definition) is 4. The molecule has 8 unspecified atom stereocenters. The fourth-order valence-electron chi connectivity index (χ4n) is 11.1. The predicted octanol–water partition coefficient (Wildman–Crippen LogP) is 7.36. The number of allylic oxidation sites excluding steroid dienone is 4. The van der Waals surface area contributed by atoms with Gasteiger partial charge in [-0.25, -0.2) is 4.39 Å². The van der Waals surface area contributed by atoms with Gasteiger partial charge in [0.25, 0.3) is 0 Å². The van der Waals surface area contributed by atoms with Crippen LogP contribution in [0.15, 0.2) is 72.3 Å². The van der Waals surface area contributed by atoms with E-state index in [0.29, 0.717) is 19.4 Å². The van der Waals surface area contributed by atoms with Gasteiger partial charge in [-0.05, 0) is 93.4 Å². The first kappa shape index (κ1) is 31.3. The summed E-state index contributed by atoms with van der Waals surface area (Å²) >= 11 is 6.44. The van der Waals surface area contributed by atoms with E-state index >= 15 is 4.39 Å². The van der Waals surface area contributed by atoms with E-state index in [1.165, 1.54) is 11.6 Å². The van der Waals surface area contributed by atoms with Crippen molar-refractivity contribution in [2.75, 3.05) is 20.1 Å². The second-order valence-corrected chi connectivity index (χ2v) is 16.0. The molecule has 8 atom stereocenters. The van der Waals surface area contributed by atoms with Gasteiger partial charge in [-0.1, -0.05) is 80.1 Å². The Kier molecular flexibility index (Phi) is 7.56. The summed E-state index contributed by atoms with van der Waals surface area (Å²) in [6.07, 6.45) is 12.8. The molecule has 6 aliphatic carbocycles. The van der Waals surface area contributed by atoms with Gasteiger partial charge in [-0.2, -0.15) is 0 Å². The minimum absolute atomic E-state index is 0.0702. The van der Waals surface area contributed by atoms with E-state index in [0.717, 1.165) is 50.6 Å². The van der Waals surface area contributed by atoms with Crippen LogP contribution in [-0.2, 0) is 17.6 Å². The van der Waals surface area contributed by atoms with Crippen LogP contribution in [0.5, 0.6) is 0 Å². The fraction of sp³-hybridized carbons (Fsp3) is 0.564. The van der Waals surface area contributed by atoms with Crippen LogP contribution in [0, 0.1) is 39.3 Å². The zero-order valence-corrected chi connectivity index (χ0v) is 27.6. The lowest BCUT2D eigenvalue weighted by Crippen LogP contribution is -2.67. The number of aliphatic hydroxyl groups excluding tert-OH is 1. The van der Waals surface area contributed by atoms with E-state index in [1.54, 1.807) is 12.1 Å². The first-order valence-electron chi connectivity index (χ1n) is 16.9. The lowest BCUT2D eigenvalue weighted by molar-refractivity contribution is -0.178. The zero-order valence-electron chi connectivity index (χ0n) is 26.9. The molecule has 0 aromatic heterocycles. The Morgan fingerprint density at radius 2 is 1.69 bits per heavy atom. The fourth-order valence-corrected chi connectivity index (χ4v) is 11.3. The van der Waals surface area contributed by atoms with Crippen LogP contribution in [0.3, 0.4) is 0 Å². The summed E-state index contributed by atoms with van der Waals surface area (Å²) in [5, 5.41) is 23.8. The molecule has 0 aliphatic heterocycles. The van der Waals surface area contributed by atoms with Crippen LogP contribution in [0.2, 0.25) is 5.02 Å². The molecule has 2 spiro atoms. The number of ketones is 1. The number of hydrogen-bond donors (Lipinski definition) is 2. The number of nitrogens with zero attached hydrogens (tertiary/aromatic N) is 1. The normalized spacial score (nSPS) is 39.7.